The Labute approximate surface area is 106 Å². The molecule has 1 aliphatic heterocycles. The van der Waals surface area contributed by atoms with Crippen LogP contribution in [0.1, 0.15) is 19.4 Å². The Morgan fingerprint density at radius 2 is 2.39 bits per heavy atom. The number of nitrogens with zero attached hydrogens (tertiary/aromatic N) is 1. The van der Waals surface area contributed by atoms with Crippen molar-refractivity contribution < 1.29 is 9.53 Å². The third-order valence-electron chi connectivity index (χ3n) is 2.78. The van der Waals surface area contributed by atoms with Crippen molar-refractivity contribution in [2.75, 3.05) is 5.32 Å². The molecule has 2 rings (SSSR count). The van der Waals surface area contributed by atoms with Gasteiger partial charge in [-0.2, -0.15) is 5.26 Å². The second kappa shape index (κ2) is 5.07. The first-order valence-electron chi connectivity index (χ1n) is 5.83. The molecule has 2 atom stereocenters. The number of fused-ring (bicyclic) bond motifs is 1. The molecule has 0 aliphatic carbocycles. The lowest BCUT2D eigenvalue weighted by atomic mass is 10.1. The van der Waals surface area contributed by atoms with Crippen molar-refractivity contribution in [3.8, 4) is 11.8 Å². The molecule has 1 aromatic carbocycles. The largest absolute Gasteiger partial charge is 0.479 e. The summed E-state index contributed by atoms with van der Waals surface area (Å²) < 4.78 is 5.46. The van der Waals surface area contributed by atoms with E-state index < -0.39 is 6.10 Å². The lowest BCUT2D eigenvalue weighted by Gasteiger charge is -2.23. The lowest BCUT2D eigenvalue weighted by molar-refractivity contribution is -0.122. The standard InChI is InChI=1S/C13H15N3O2/c1-8(6-14)15-7-10-3-4-12-11(5-10)16-13(17)9(2)18-12/h3-5,8-9,15H,7H2,1-2H3,(H,16,17). The number of hydrogen-bond acceptors (Lipinski definition) is 4. The van der Waals surface area contributed by atoms with Crippen molar-refractivity contribution in [2.45, 2.75) is 32.5 Å². The molecule has 0 bridgehead atoms. The number of hydrogen-bond donors (Lipinski definition) is 2. The summed E-state index contributed by atoms with van der Waals surface area (Å²) in [4.78, 5) is 11.5. The third-order valence-corrected chi connectivity index (χ3v) is 2.78. The van der Waals surface area contributed by atoms with Crippen LogP contribution in [0.2, 0.25) is 0 Å². The van der Waals surface area contributed by atoms with Crippen LogP contribution in [0.25, 0.3) is 0 Å². The van der Waals surface area contributed by atoms with Gasteiger partial charge in [0.15, 0.2) is 6.10 Å². The minimum absolute atomic E-state index is 0.141. The Morgan fingerprint density at radius 1 is 1.61 bits per heavy atom. The van der Waals surface area contributed by atoms with Crippen molar-refractivity contribution in [3.63, 3.8) is 0 Å². The zero-order chi connectivity index (χ0) is 13.1. The molecule has 0 radical (unpaired) electrons. The molecule has 18 heavy (non-hydrogen) atoms. The Hall–Kier alpha value is -2.06. The molecule has 0 saturated carbocycles. The monoisotopic (exact) mass is 245 g/mol. The van der Waals surface area contributed by atoms with Crippen LogP contribution < -0.4 is 15.4 Å². The van der Waals surface area contributed by atoms with Crippen LogP contribution in [0, 0.1) is 11.3 Å². The number of rotatable bonds is 3. The maximum Gasteiger partial charge on any atom is 0.265 e. The summed E-state index contributed by atoms with van der Waals surface area (Å²) in [6, 6.07) is 7.51. The first-order valence-corrected chi connectivity index (χ1v) is 5.83. The molecule has 5 heteroatoms. The second-order valence-corrected chi connectivity index (χ2v) is 4.31. The number of nitrogens with one attached hydrogen (secondary N) is 2. The minimum Gasteiger partial charge on any atom is -0.479 e. The van der Waals surface area contributed by atoms with Gasteiger partial charge in [0.05, 0.1) is 17.8 Å². The van der Waals surface area contributed by atoms with Crippen molar-refractivity contribution >= 4 is 11.6 Å². The number of amides is 1. The zero-order valence-corrected chi connectivity index (χ0v) is 10.4. The molecule has 2 unspecified atom stereocenters. The van der Waals surface area contributed by atoms with E-state index in [1.807, 2.05) is 18.2 Å². The van der Waals surface area contributed by atoms with Gasteiger partial charge in [-0.1, -0.05) is 6.07 Å². The smallest absolute Gasteiger partial charge is 0.265 e. The molecule has 1 aliphatic rings. The van der Waals surface area contributed by atoms with Crippen LogP contribution in [-0.2, 0) is 11.3 Å². The topological polar surface area (TPSA) is 74.2 Å². The normalized spacial score (nSPS) is 19.2. The highest BCUT2D eigenvalue weighted by atomic mass is 16.5. The first-order chi connectivity index (χ1) is 8.60. The summed E-state index contributed by atoms with van der Waals surface area (Å²) in [5.41, 5.74) is 1.68. The van der Waals surface area contributed by atoms with Crippen LogP contribution in [0.5, 0.6) is 5.75 Å². The van der Waals surface area contributed by atoms with Crippen LogP contribution >= 0.6 is 0 Å². The first kappa shape index (κ1) is 12.4. The van der Waals surface area contributed by atoms with Gasteiger partial charge in [-0.3, -0.25) is 10.1 Å². The third kappa shape index (κ3) is 2.60. The van der Waals surface area contributed by atoms with Gasteiger partial charge in [-0.25, -0.2) is 0 Å². The molecule has 5 nitrogen and oxygen atoms in total. The van der Waals surface area contributed by atoms with Gasteiger partial charge in [0, 0.05) is 6.54 Å². The molecular weight excluding hydrogens is 230 g/mol. The van der Waals surface area contributed by atoms with Gasteiger partial charge in [-0.05, 0) is 31.5 Å². The van der Waals surface area contributed by atoms with E-state index in [1.54, 1.807) is 13.8 Å². The molecule has 2 N–H and O–H groups in total. The van der Waals surface area contributed by atoms with E-state index in [-0.39, 0.29) is 11.9 Å². The summed E-state index contributed by atoms with van der Waals surface area (Å²) in [5.74, 6) is 0.539. The fourth-order valence-electron chi connectivity index (χ4n) is 1.68. The van der Waals surface area contributed by atoms with E-state index in [4.69, 9.17) is 10.00 Å². The molecule has 0 saturated heterocycles. The Kier molecular flexibility index (Phi) is 3.49. The predicted molar refractivity (Wildman–Crippen MR) is 67.1 cm³/mol. The minimum atomic E-state index is -0.458. The highest BCUT2D eigenvalue weighted by Crippen LogP contribution is 2.30. The summed E-state index contributed by atoms with van der Waals surface area (Å²) in [6.45, 7) is 4.08. The van der Waals surface area contributed by atoms with Crippen LogP contribution in [0.4, 0.5) is 5.69 Å². The van der Waals surface area contributed by atoms with Crippen molar-refractivity contribution in [3.05, 3.63) is 23.8 Å². The van der Waals surface area contributed by atoms with Gasteiger partial charge in [0.25, 0.3) is 5.91 Å². The molecule has 94 valence electrons. The van der Waals surface area contributed by atoms with E-state index >= 15 is 0 Å². The van der Waals surface area contributed by atoms with Gasteiger partial charge < -0.3 is 10.1 Å². The molecular formula is C13H15N3O2. The second-order valence-electron chi connectivity index (χ2n) is 4.31. The number of carbonyl (C=O) groups is 1. The van der Waals surface area contributed by atoms with E-state index in [2.05, 4.69) is 16.7 Å². The van der Waals surface area contributed by atoms with Gasteiger partial charge in [-0.15, -0.1) is 0 Å². The quantitative estimate of drug-likeness (QED) is 0.844. The van der Waals surface area contributed by atoms with Crippen LogP contribution in [0.15, 0.2) is 18.2 Å². The molecule has 0 spiro atoms. The fraction of sp³-hybridized carbons (Fsp3) is 0.385. The number of ether oxygens (including phenoxy) is 1. The van der Waals surface area contributed by atoms with Crippen molar-refractivity contribution in [2.24, 2.45) is 0 Å². The summed E-state index contributed by atoms with van der Waals surface area (Å²) in [7, 11) is 0. The summed E-state index contributed by atoms with van der Waals surface area (Å²) in [5, 5.41) is 14.5. The maximum absolute atomic E-state index is 11.5. The average molecular weight is 245 g/mol. The SMILES string of the molecule is CC(C#N)NCc1ccc2c(c1)NC(=O)C(C)O2. The Balaban J connectivity index is 2.11. The molecule has 1 amide bonds. The van der Waals surface area contributed by atoms with Crippen LogP contribution in [0.3, 0.4) is 0 Å². The van der Waals surface area contributed by atoms with E-state index in [1.165, 1.54) is 0 Å². The lowest BCUT2D eigenvalue weighted by Crippen LogP contribution is -2.34. The molecule has 0 aromatic heterocycles. The molecule has 1 heterocycles. The summed E-state index contributed by atoms with van der Waals surface area (Å²) in [6.07, 6.45) is -0.458. The van der Waals surface area contributed by atoms with Gasteiger partial charge >= 0.3 is 0 Å². The fourth-order valence-corrected chi connectivity index (χ4v) is 1.68. The Morgan fingerprint density at radius 3 is 3.11 bits per heavy atom. The number of nitriles is 1. The van der Waals surface area contributed by atoms with E-state index in [9.17, 15) is 4.79 Å². The number of carbonyl (C=O) groups excluding carboxylic acids is 1. The van der Waals surface area contributed by atoms with Crippen molar-refractivity contribution in [1.82, 2.24) is 5.32 Å². The van der Waals surface area contributed by atoms with Gasteiger partial charge in [0.1, 0.15) is 5.75 Å². The van der Waals surface area contributed by atoms with E-state index in [0.29, 0.717) is 18.0 Å². The molecule has 1 aromatic rings. The van der Waals surface area contributed by atoms with Crippen molar-refractivity contribution in [1.29, 1.82) is 5.26 Å². The summed E-state index contributed by atoms with van der Waals surface area (Å²) >= 11 is 0. The van der Waals surface area contributed by atoms with Crippen LogP contribution in [-0.4, -0.2) is 18.1 Å². The maximum atomic E-state index is 11.5. The Bertz CT molecular complexity index is 507. The number of anilines is 1. The highest BCUT2D eigenvalue weighted by molar-refractivity contribution is 5.97. The predicted octanol–water partition coefficient (Wildman–Crippen LogP) is 1.41. The number of benzene rings is 1. The zero-order valence-electron chi connectivity index (χ0n) is 10.4. The average Bonchev–Trinajstić information content (AvgIpc) is 2.37. The molecule has 0 fully saturated rings. The van der Waals surface area contributed by atoms with Gasteiger partial charge in [0.2, 0.25) is 0 Å². The highest BCUT2D eigenvalue weighted by Gasteiger charge is 2.23. The van der Waals surface area contributed by atoms with E-state index in [0.717, 1.165) is 5.56 Å².